The highest BCUT2D eigenvalue weighted by Crippen LogP contribution is 2.25. The normalized spacial score (nSPS) is 26.2. The largest absolute Gasteiger partial charge is 0.409 e. The Morgan fingerprint density at radius 2 is 2.38 bits per heavy atom. The molecule has 0 amide bonds. The fraction of sp³-hybridized carbons (Fsp3) is 0.500. The van der Waals surface area contributed by atoms with Crippen molar-refractivity contribution in [1.82, 2.24) is 5.32 Å². The van der Waals surface area contributed by atoms with Crippen LogP contribution >= 0.6 is 0 Å². The average Bonchev–Trinajstić information content (AvgIpc) is 2.80. The molecule has 116 valence electrons. The van der Waals surface area contributed by atoms with E-state index >= 15 is 0 Å². The van der Waals surface area contributed by atoms with Gasteiger partial charge >= 0.3 is 0 Å². The standard InChI is InChI=1S/C14H20FN3O3/c1-9-14(19,5-6-21-9)8-17-7-10-3-2-4-11(12(10)15)13(16)18-20/h2-4,9,17,19-20H,5-8H2,1H3,(H2,16,18). The van der Waals surface area contributed by atoms with Gasteiger partial charge in [-0.05, 0) is 13.0 Å². The van der Waals surface area contributed by atoms with Gasteiger partial charge in [0.1, 0.15) is 11.4 Å². The van der Waals surface area contributed by atoms with E-state index in [1.807, 2.05) is 6.92 Å². The molecule has 1 fully saturated rings. The first-order valence-electron chi connectivity index (χ1n) is 6.78. The molecule has 0 spiro atoms. The van der Waals surface area contributed by atoms with Gasteiger partial charge in [0.15, 0.2) is 5.84 Å². The molecule has 1 aliphatic rings. The summed E-state index contributed by atoms with van der Waals surface area (Å²) in [4.78, 5) is 0. The topological polar surface area (TPSA) is 100 Å². The molecule has 21 heavy (non-hydrogen) atoms. The van der Waals surface area contributed by atoms with Gasteiger partial charge in [0, 0.05) is 31.7 Å². The fourth-order valence-corrected chi connectivity index (χ4v) is 2.38. The van der Waals surface area contributed by atoms with Crippen LogP contribution in [0.25, 0.3) is 0 Å². The summed E-state index contributed by atoms with van der Waals surface area (Å²) in [5.41, 5.74) is 4.92. The predicted octanol–water partition coefficient (Wildman–Crippen LogP) is 0.550. The van der Waals surface area contributed by atoms with Crippen LogP contribution in [0.3, 0.4) is 0 Å². The first-order chi connectivity index (χ1) is 9.98. The van der Waals surface area contributed by atoms with Crippen molar-refractivity contribution in [2.45, 2.75) is 31.6 Å². The highest BCUT2D eigenvalue weighted by atomic mass is 19.1. The van der Waals surface area contributed by atoms with Gasteiger partial charge in [-0.25, -0.2) is 4.39 Å². The number of ether oxygens (including phenoxy) is 1. The zero-order valence-corrected chi connectivity index (χ0v) is 11.8. The second-order valence-electron chi connectivity index (χ2n) is 5.23. The number of halogens is 1. The third kappa shape index (κ3) is 3.31. The Hall–Kier alpha value is -1.70. The van der Waals surface area contributed by atoms with Crippen molar-refractivity contribution in [2.24, 2.45) is 10.9 Å². The molecule has 2 atom stereocenters. The zero-order valence-electron chi connectivity index (χ0n) is 11.8. The van der Waals surface area contributed by atoms with Crippen LogP contribution in [0, 0.1) is 5.82 Å². The maximum atomic E-state index is 14.2. The summed E-state index contributed by atoms with van der Waals surface area (Å²) in [6.45, 7) is 2.87. The molecule has 7 heteroatoms. The first-order valence-corrected chi connectivity index (χ1v) is 6.78. The highest BCUT2D eigenvalue weighted by Gasteiger charge is 2.38. The molecule has 6 nitrogen and oxygen atoms in total. The SMILES string of the molecule is CC1OCCC1(O)CNCc1cccc(/C(N)=N/O)c1F. The Morgan fingerprint density at radius 3 is 3.00 bits per heavy atom. The van der Waals surface area contributed by atoms with E-state index in [9.17, 15) is 9.50 Å². The van der Waals surface area contributed by atoms with E-state index in [0.717, 1.165) is 0 Å². The van der Waals surface area contributed by atoms with E-state index in [4.69, 9.17) is 15.7 Å². The molecule has 0 aliphatic carbocycles. The molecular formula is C14H20FN3O3. The lowest BCUT2D eigenvalue weighted by molar-refractivity contribution is -0.0263. The molecule has 2 rings (SSSR count). The lowest BCUT2D eigenvalue weighted by Crippen LogP contribution is -2.45. The Morgan fingerprint density at radius 1 is 1.62 bits per heavy atom. The molecule has 0 saturated carbocycles. The number of hydrogen-bond donors (Lipinski definition) is 4. The van der Waals surface area contributed by atoms with Gasteiger partial charge in [0.05, 0.1) is 11.7 Å². The molecule has 0 bridgehead atoms. The van der Waals surface area contributed by atoms with E-state index in [-0.39, 0.29) is 24.0 Å². The fourth-order valence-electron chi connectivity index (χ4n) is 2.38. The van der Waals surface area contributed by atoms with E-state index < -0.39 is 11.4 Å². The second-order valence-corrected chi connectivity index (χ2v) is 5.23. The summed E-state index contributed by atoms with van der Waals surface area (Å²) in [5, 5.41) is 24.8. The molecule has 1 aliphatic heterocycles. The Balaban J connectivity index is 2.01. The smallest absolute Gasteiger partial charge is 0.173 e. The van der Waals surface area contributed by atoms with Crippen molar-refractivity contribution in [3.63, 3.8) is 0 Å². The van der Waals surface area contributed by atoms with Crippen LogP contribution in [0.2, 0.25) is 0 Å². The summed E-state index contributed by atoms with van der Waals surface area (Å²) >= 11 is 0. The van der Waals surface area contributed by atoms with Crippen molar-refractivity contribution < 1.29 is 19.4 Å². The Bertz CT molecular complexity index is 538. The number of rotatable bonds is 5. The third-order valence-corrected chi connectivity index (χ3v) is 3.87. The quantitative estimate of drug-likeness (QED) is 0.275. The average molecular weight is 297 g/mol. The zero-order chi connectivity index (χ0) is 15.5. The number of nitrogens with zero attached hydrogens (tertiary/aromatic N) is 1. The Kier molecular flexibility index (Phi) is 4.76. The molecule has 2 unspecified atom stereocenters. The van der Waals surface area contributed by atoms with Crippen LogP contribution in [-0.2, 0) is 11.3 Å². The van der Waals surface area contributed by atoms with Crippen LogP contribution in [0.4, 0.5) is 4.39 Å². The van der Waals surface area contributed by atoms with Crippen LogP contribution in [-0.4, -0.2) is 41.0 Å². The number of hydrogen-bond acceptors (Lipinski definition) is 5. The molecule has 1 aromatic rings. The summed E-state index contributed by atoms with van der Waals surface area (Å²) in [6, 6.07) is 4.67. The predicted molar refractivity (Wildman–Crippen MR) is 75.6 cm³/mol. The summed E-state index contributed by atoms with van der Waals surface area (Å²) < 4.78 is 19.5. The van der Waals surface area contributed by atoms with Gasteiger partial charge in [-0.15, -0.1) is 0 Å². The van der Waals surface area contributed by atoms with Crippen LogP contribution in [0.5, 0.6) is 0 Å². The van der Waals surface area contributed by atoms with Crippen molar-refractivity contribution in [3.05, 3.63) is 35.1 Å². The Labute approximate surface area is 122 Å². The van der Waals surface area contributed by atoms with Crippen LogP contribution < -0.4 is 11.1 Å². The number of nitrogens with one attached hydrogen (secondary N) is 1. The molecule has 1 heterocycles. The maximum Gasteiger partial charge on any atom is 0.173 e. The number of nitrogens with two attached hydrogens (primary N) is 1. The lowest BCUT2D eigenvalue weighted by atomic mass is 9.96. The molecule has 1 aromatic carbocycles. The maximum absolute atomic E-state index is 14.2. The minimum Gasteiger partial charge on any atom is -0.409 e. The minimum absolute atomic E-state index is 0.0491. The van der Waals surface area contributed by atoms with Gasteiger partial charge in [-0.1, -0.05) is 17.3 Å². The van der Waals surface area contributed by atoms with Crippen LogP contribution in [0.15, 0.2) is 23.4 Å². The van der Waals surface area contributed by atoms with Gasteiger partial charge in [-0.2, -0.15) is 0 Å². The molecule has 1 saturated heterocycles. The molecule has 0 radical (unpaired) electrons. The van der Waals surface area contributed by atoms with Gasteiger partial charge in [-0.3, -0.25) is 0 Å². The highest BCUT2D eigenvalue weighted by molar-refractivity contribution is 5.97. The molecule has 5 N–H and O–H groups in total. The summed E-state index contributed by atoms with van der Waals surface area (Å²) in [7, 11) is 0. The minimum atomic E-state index is -0.931. The van der Waals surface area contributed by atoms with Gasteiger partial charge in [0.25, 0.3) is 0 Å². The second kappa shape index (κ2) is 6.38. The monoisotopic (exact) mass is 297 g/mol. The van der Waals surface area contributed by atoms with E-state index in [0.29, 0.717) is 25.1 Å². The number of aliphatic hydroxyl groups is 1. The molecular weight excluding hydrogens is 277 g/mol. The van der Waals surface area contributed by atoms with Crippen molar-refractivity contribution in [3.8, 4) is 0 Å². The van der Waals surface area contributed by atoms with Crippen molar-refractivity contribution >= 4 is 5.84 Å². The molecule has 0 aromatic heterocycles. The van der Waals surface area contributed by atoms with E-state index in [1.54, 1.807) is 12.1 Å². The first kappa shape index (κ1) is 15.7. The van der Waals surface area contributed by atoms with Gasteiger partial charge < -0.3 is 26.1 Å². The van der Waals surface area contributed by atoms with E-state index in [2.05, 4.69) is 10.5 Å². The van der Waals surface area contributed by atoms with Gasteiger partial charge in [0.2, 0.25) is 0 Å². The van der Waals surface area contributed by atoms with Crippen molar-refractivity contribution in [2.75, 3.05) is 13.2 Å². The van der Waals surface area contributed by atoms with Crippen molar-refractivity contribution in [1.29, 1.82) is 0 Å². The third-order valence-electron chi connectivity index (χ3n) is 3.87. The number of benzene rings is 1. The summed E-state index contributed by atoms with van der Waals surface area (Å²) in [5.74, 6) is -0.811. The number of oxime groups is 1. The lowest BCUT2D eigenvalue weighted by Gasteiger charge is -2.26. The van der Waals surface area contributed by atoms with Crippen LogP contribution in [0.1, 0.15) is 24.5 Å². The number of amidine groups is 1. The summed E-state index contributed by atoms with van der Waals surface area (Å²) in [6.07, 6.45) is 0.298. The van der Waals surface area contributed by atoms with E-state index in [1.165, 1.54) is 6.07 Å².